The van der Waals surface area contributed by atoms with Gasteiger partial charge in [-0.2, -0.15) is 0 Å². The molecular formula is C22H15ClO5. The maximum absolute atomic E-state index is 12.1. The maximum Gasteiger partial charge on any atom is 0.344 e. The monoisotopic (exact) mass is 394 g/mol. The van der Waals surface area contributed by atoms with Gasteiger partial charge >= 0.3 is 11.6 Å². The molecule has 0 saturated carbocycles. The Bertz CT molecular complexity index is 1230. The van der Waals surface area contributed by atoms with Gasteiger partial charge in [0.05, 0.1) is 0 Å². The van der Waals surface area contributed by atoms with E-state index in [1.54, 1.807) is 30.3 Å². The highest BCUT2D eigenvalue weighted by molar-refractivity contribution is 6.30. The Labute approximate surface area is 165 Å². The summed E-state index contributed by atoms with van der Waals surface area (Å²) in [5, 5.41) is 3.19. The third-order valence-corrected chi connectivity index (χ3v) is 4.49. The number of hydrogen-bond acceptors (Lipinski definition) is 5. The van der Waals surface area contributed by atoms with Crippen LogP contribution < -0.4 is 10.4 Å². The SMILES string of the molecule is O=C(COc1cccc(Cl)c1)OCc1cc(=O)oc2ccc3ccccc3c12. The molecule has 4 rings (SSSR count). The summed E-state index contributed by atoms with van der Waals surface area (Å²) in [5.74, 6) is -0.0807. The van der Waals surface area contributed by atoms with Gasteiger partial charge in [0.25, 0.3) is 0 Å². The lowest BCUT2D eigenvalue weighted by molar-refractivity contribution is -0.147. The second-order valence-electron chi connectivity index (χ2n) is 6.16. The first-order valence-electron chi connectivity index (χ1n) is 8.58. The van der Waals surface area contributed by atoms with Gasteiger partial charge in [0.1, 0.15) is 17.9 Å². The molecule has 0 bridgehead atoms. The Kier molecular flexibility index (Phi) is 5.00. The van der Waals surface area contributed by atoms with E-state index in [2.05, 4.69) is 0 Å². The number of benzene rings is 3. The first kappa shape index (κ1) is 18.1. The highest BCUT2D eigenvalue weighted by Crippen LogP contribution is 2.27. The van der Waals surface area contributed by atoms with Gasteiger partial charge in [0, 0.05) is 22.0 Å². The van der Waals surface area contributed by atoms with Gasteiger partial charge in [-0.15, -0.1) is 0 Å². The third-order valence-electron chi connectivity index (χ3n) is 4.26. The van der Waals surface area contributed by atoms with Crippen LogP contribution in [0.2, 0.25) is 5.02 Å². The molecule has 0 aliphatic rings. The third kappa shape index (κ3) is 3.85. The summed E-state index contributed by atoms with van der Waals surface area (Å²) in [6.45, 7) is -0.325. The van der Waals surface area contributed by atoms with Gasteiger partial charge in [0.15, 0.2) is 6.61 Å². The molecule has 0 radical (unpaired) electrons. The Balaban J connectivity index is 1.55. The number of carbonyl (C=O) groups is 1. The first-order chi connectivity index (χ1) is 13.6. The van der Waals surface area contributed by atoms with Crippen molar-refractivity contribution in [2.45, 2.75) is 6.61 Å². The van der Waals surface area contributed by atoms with Crippen LogP contribution in [0.1, 0.15) is 5.56 Å². The predicted octanol–water partition coefficient (Wildman–Crippen LogP) is 4.72. The van der Waals surface area contributed by atoms with Crippen molar-refractivity contribution in [3.8, 4) is 5.75 Å². The van der Waals surface area contributed by atoms with E-state index < -0.39 is 11.6 Å². The molecule has 0 aliphatic heterocycles. The van der Waals surface area contributed by atoms with E-state index in [0.29, 0.717) is 21.9 Å². The van der Waals surface area contributed by atoms with Crippen molar-refractivity contribution in [1.29, 1.82) is 0 Å². The number of halogens is 1. The van der Waals surface area contributed by atoms with Gasteiger partial charge in [-0.25, -0.2) is 9.59 Å². The second kappa shape index (κ2) is 7.74. The average molecular weight is 395 g/mol. The minimum absolute atomic E-state index is 0.0617. The summed E-state index contributed by atoms with van der Waals surface area (Å²) in [7, 11) is 0. The summed E-state index contributed by atoms with van der Waals surface area (Å²) >= 11 is 5.88. The minimum atomic E-state index is -0.554. The molecule has 0 spiro atoms. The van der Waals surface area contributed by atoms with Crippen molar-refractivity contribution >= 4 is 39.3 Å². The molecule has 140 valence electrons. The lowest BCUT2D eigenvalue weighted by Gasteiger charge is -2.10. The van der Waals surface area contributed by atoms with Crippen molar-refractivity contribution in [3.63, 3.8) is 0 Å². The molecule has 1 aromatic heterocycles. The largest absolute Gasteiger partial charge is 0.482 e. The highest BCUT2D eigenvalue weighted by Gasteiger charge is 2.12. The van der Waals surface area contributed by atoms with E-state index in [9.17, 15) is 9.59 Å². The molecule has 0 N–H and O–H groups in total. The second-order valence-corrected chi connectivity index (χ2v) is 6.59. The highest BCUT2D eigenvalue weighted by atomic mass is 35.5. The molecule has 5 nitrogen and oxygen atoms in total. The first-order valence-corrected chi connectivity index (χ1v) is 8.96. The zero-order valence-electron chi connectivity index (χ0n) is 14.7. The standard InChI is InChI=1S/C22H15ClO5/c23-16-5-3-6-17(11-16)26-13-21(25)27-12-15-10-20(24)28-19-9-8-14-4-1-2-7-18(14)22(15)19/h1-11H,12-13H2. The molecular weight excluding hydrogens is 380 g/mol. The molecule has 4 aromatic rings. The van der Waals surface area contributed by atoms with E-state index in [1.165, 1.54) is 6.07 Å². The summed E-state index contributed by atoms with van der Waals surface area (Å²) in [6, 6.07) is 19.5. The smallest absolute Gasteiger partial charge is 0.344 e. The van der Waals surface area contributed by atoms with Crippen molar-refractivity contribution < 1.29 is 18.7 Å². The van der Waals surface area contributed by atoms with Gasteiger partial charge in [-0.3, -0.25) is 0 Å². The van der Waals surface area contributed by atoms with Crippen molar-refractivity contribution in [1.82, 2.24) is 0 Å². The van der Waals surface area contributed by atoms with E-state index in [1.807, 2.05) is 30.3 Å². The zero-order valence-corrected chi connectivity index (χ0v) is 15.4. The predicted molar refractivity (Wildman–Crippen MR) is 107 cm³/mol. The van der Waals surface area contributed by atoms with Gasteiger partial charge in [-0.1, -0.05) is 48.0 Å². The molecule has 0 atom stereocenters. The maximum atomic E-state index is 12.1. The van der Waals surface area contributed by atoms with E-state index in [0.717, 1.165) is 16.2 Å². The van der Waals surface area contributed by atoms with Crippen LogP contribution in [-0.2, 0) is 16.1 Å². The van der Waals surface area contributed by atoms with Crippen molar-refractivity contribution in [2.75, 3.05) is 6.61 Å². The Morgan fingerprint density at radius 2 is 1.86 bits per heavy atom. The number of rotatable bonds is 5. The summed E-state index contributed by atoms with van der Waals surface area (Å²) < 4.78 is 16.0. The van der Waals surface area contributed by atoms with Gasteiger partial charge in [-0.05, 0) is 35.0 Å². The lowest BCUT2D eigenvalue weighted by Crippen LogP contribution is -2.15. The minimum Gasteiger partial charge on any atom is -0.482 e. The van der Waals surface area contributed by atoms with Crippen LogP contribution in [0.15, 0.2) is 75.9 Å². The number of hydrogen-bond donors (Lipinski definition) is 0. The number of ether oxygens (including phenoxy) is 2. The fraction of sp³-hybridized carbons (Fsp3) is 0.0909. The molecule has 3 aromatic carbocycles. The summed E-state index contributed by atoms with van der Waals surface area (Å²) in [5.41, 5.74) is 0.538. The Morgan fingerprint density at radius 1 is 1.00 bits per heavy atom. The fourth-order valence-electron chi connectivity index (χ4n) is 3.03. The number of esters is 1. The zero-order chi connectivity index (χ0) is 19.5. The summed E-state index contributed by atoms with van der Waals surface area (Å²) in [6.07, 6.45) is 0. The van der Waals surface area contributed by atoms with Gasteiger partial charge in [0.2, 0.25) is 0 Å². The molecule has 0 aliphatic carbocycles. The van der Waals surface area contributed by atoms with Crippen LogP contribution in [0.5, 0.6) is 5.75 Å². The van der Waals surface area contributed by atoms with E-state index in [-0.39, 0.29) is 13.2 Å². The quantitative estimate of drug-likeness (QED) is 0.278. The van der Waals surface area contributed by atoms with Crippen LogP contribution in [0.4, 0.5) is 0 Å². The molecule has 0 amide bonds. The molecule has 0 saturated heterocycles. The molecule has 6 heteroatoms. The number of fused-ring (bicyclic) bond motifs is 3. The molecule has 0 unspecified atom stereocenters. The van der Waals surface area contributed by atoms with Crippen LogP contribution in [0, 0.1) is 0 Å². The Hall–Kier alpha value is -3.31. The van der Waals surface area contributed by atoms with Crippen LogP contribution >= 0.6 is 11.6 Å². The lowest BCUT2D eigenvalue weighted by atomic mass is 10.0. The average Bonchev–Trinajstić information content (AvgIpc) is 2.70. The molecule has 0 fully saturated rings. The van der Waals surface area contributed by atoms with Crippen molar-refractivity contribution in [3.05, 3.63) is 87.7 Å². The van der Waals surface area contributed by atoms with Crippen LogP contribution in [0.3, 0.4) is 0 Å². The normalized spacial score (nSPS) is 10.9. The Morgan fingerprint density at radius 3 is 2.71 bits per heavy atom. The topological polar surface area (TPSA) is 65.7 Å². The van der Waals surface area contributed by atoms with Crippen LogP contribution in [0.25, 0.3) is 21.7 Å². The molecule has 1 heterocycles. The van der Waals surface area contributed by atoms with E-state index >= 15 is 0 Å². The van der Waals surface area contributed by atoms with Crippen molar-refractivity contribution in [2.24, 2.45) is 0 Å². The summed E-state index contributed by atoms with van der Waals surface area (Å²) in [4.78, 5) is 24.0. The molecule has 28 heavy (non-hydrogen) atoms. The van der Waals surface area contributed by atoms with Crippen LogP contribution in [-0.4, -0.2) is 12.6 Å². The van der Waals surface area contributed by atoms with Gasteiger partial charge < -0.3 is 13.9 Å². The van der Waals surface area contributed by atoms with E-state index in [4.69, 9.17) is 25.5 Å². The number of carbonyl (C=O) groups excluding carboxylic acids is 1. The fourth-order valence-corrected chi connectivity index (χ4v) is 3.21.